The Morgan fingerprint density at radius 1 is 0.625 bits per heavy atom. The molecule has 0 aliphatic carbocycles. The summed E-state index contributed by atoms with van der Waals surface area (Å²) >= 11 is 0. The molecule has 5 rings (SSSR count). The molecule has 2 aliphatic rings. The standard InChI is InChI=1S/C30H28N6O4/c37-27-25(23(17-31-27)19-9-3-1-4-10-19)29(39)35-33-15-21-13-7-8-14-22(21)16-34-36-30(40)26-24(18-32-28(26)38)20-11-5-2-6-12-20/h1-16,23-26H,17-18H2,(H,31,37)(H,32,38)(H,35,39)(H,36,40)/b33-15-,34-16+/t23-,24+,25+,26-/m0/s1. The molecule has 202 valence electrons. The van der Waals surface area contributed by atoms with E-state index in [0.29, 0.717) is 24.2 Å². The third kappa shape index (κ3) is 5.80. The van der Waals surface area contributed by atoms with Gasteiger partial charge in [0.25, 0.3) is 11.8 Å². The second-order valence-electron chi connectivity index (χ2n) is 9.58. The van der Waals surface area contributed by atoms with Crippen LogP contribution in [0.5, 0.6) is 0 Å². The van der Waals surface area contributed by atoms with Gasteiger partial charge in [-0.25, -0.2) is 10.9 Å². The van der Waals surface area contributed by atoms with Crippen LogP contribution in [0.25, 0.3) is 0 Å². The molecule has 0 spiro atoms. The molecule has 0 saturated carbocycles. The van der Waals surface area contributed by atoms with Gasteiger partial charge in [-0.05, 0) is 11.1 Å². The zero-order valence-electron chi connectivity index (χ0n) is 21.5. The van der Waals surface area contributed by atoms with Gasteiger partial charge in [0.05, 0.1) is 12.4 Å². The molecule has 4 N–H and O–H groups in total. The number of rotatable bonds is 8. The van der Waals surface area contributed by atoms with E-state index in [-0.39, 0.29) is 23.7 Å². The number of hydrogen-bond acceptors (Lipinski definition) is 6. The minimum Gasteiger partial charge on any atom is -0.355 e. The van der Waals surface area contributed by atoms with E-state index in [9.17, 15) is 19.2 Å². The summed E-state index contributed by atoms with van der Waals surface area (Å²) in [7, 11) is 0. The summed E-state index contributed by atoms with van der Waals surface area (Å²) in [5, 5.41) is 13.6. The van der Waals surface area contributed by atoms with Crippen molar-refractivity contribution < 1.29 is 19.2 Å². The molecule has 2 fully saturated rings. The van der Waals surface area contributed by atoms with E-state index >= 15 is 0 Å². The number of hydrazone groups is 2. The number of carbonyl (C=O) groups is 4. The Kier molecular flexibility index (Phi) is 8.05. The zero-order chi connectivity index (χ0) is 27.9. The van der Waals surface area contributed by atoms with Crippen LogP contribution in [0.3, 0.4) is 0 Å². The Morgan fingerprint density at radius 2 is 1.00 bits per heavy atom. The average molecular weight is 537 g/mol. The topological polar surface area (TPSA) is 141 Å². The van der Waals surface area contributed by atoms with Crippen molar-refractivity contribution in [2.45, 2.75) is 11.8 Å². The summed E-state index contributed by atoms with van der Waals surface area (Å²) in [6.07, 6.45) is 2.89. The molecule has 0 unspecified atom stereocenters. The number of benzene rings is 3. The molecule has 2 saturated heterocycles. The number of amides is 4. The molecule has 10 heteroatoms. The summed E-state index contributed by atoms with van der Waals surface area (Å²) in [6, 6.07) is 25.9. The van der Waals surface area contributed by atoms with Gasteiger partial charge in [-0.3, -0.25) is 19.2 Å². The van der Waals surface area contributed by atoms with E-state index in [1.165, 1.54) is 12.4 Å². The summed E-state index contributed by atoms with van der Waals surface area (Å²) in [4.78, 5) is 50.5. The lowest BCUT2D eigenvalue weighted by molar-refractivity contribution is -0.135. The van der Waals surface area contributed by atoms with Crippen LogP contribution in [0.2, 0.25) is 0 Å². The molecule has 4 atom stereocenters. The van der Waals surface area contributed by atoms with E-state index in [0.717, 1.165) is 11.1 Å². The number of nitrogens with one attached hydrogen (secondary N) is 4. The van der Waals surface area contributed by atoms with Crippen LogP contribution >= 0.6 is 0 Å². The lowest BCUT2D eigenvalue weighted by Crippen LogP contribution is -2.34. The maximum atomic E-state index is 12.9. The molecule has 40 heavy (non-hydrogen) atoms. The molecule has 0 bridgehead atoms. The first kappa shape index (κ1) is 26.5. The maximum absolute atomic E-state index is 12.9. The number of hydrogen-bond donors (Lipinski definition) is 4. The largest absolute Gasteiger partial charge is 0.355 e. The van der Waals surface area contributed by atoms with E-state index in [1.54, 1.807) is 24.3 Å². The normalized spacial score (nSPS) is 22.3. The SMILES string of the molecule is O=C1NC[C@H](c2ccccc2)[C@@H]1C(=O)N/N=C/c1ccccc1/C=N\NC(=O)[C@H]1C(=O)NC[C@H]1c1ccccc1. The van der Waals surface area contributed by atoms with Gasteiger partial charge in [0.1, 0.15) is 11.8 Å². The summed E-state index contributed by atoms with van der Waals surface area (Å²) in [5.41, 5.74) is 8.00. The van der Waals surface area contributed by atoms with Gasteiger partial charge in [-0.15, -0.1) is 0 Å². The average Bonchev–Trinajstić information content (AvgIpc) is 3.57. The second-order valence-corrected chi connectivity index (χ2v) is 9.58. The Labute approximate surface area is 230 Å². The van der Waals surface area contributed by atoms with Gasteiger partial charge in [-0.1, -0.05) is 84.9 Å². The minimum atomic E-state index is -0.890. The second kappa shape index (κ2) is 12.2. The van der Waals surface area contributed by atoms with Gasteiger partial charge in [0.15, 0.2) is 0 Å². The Morgan fingerprint density at radius 3 is 1.40 bits per heavy atom. The Bertz CT molecular complexity index is 1350. The van der Waals surface area contributed by atoms with Crippen LogP contribution in [0.15, 0.2) is 95.1 Å². The van der Waals surface area contributed by atoms with Crippen LogP contribution in [0.4, 0.5) is 0 Å². The van der Waals surface area contributed by atoms with Crippen LogP contribution in [0.1, 0.15) is 34.1 Å². The van der Waals surface area contributed by atoms with E-state index < -0.39 is 23.7 Å². The van der Waals surface area contributed by atoms with E-state index in [2.05, 4.69) is 31.7 Å². The molecule has 3 aromatic carbocycles. The first-order chi connectivity index (χ1) is 19.5. The Hall–Kier alpha value is -5.12. The fourth-order valence-electron chi connectivity index (χ4n) is 5.08. The molecule has 2 aliphatic heterocycles. The van der Waals surface area contributed by atoms with Crippen molar-refractivity contribution in [3.05, 3.63) is 107 Å². The molecule has 10 nitrogen and oxygen atoms in total. The molecule has 2 heterocycles. The molecule has 0 aromatic heterocycles. The maximum Gasteiger partial charge on any atom is 0.253 e. The van der Waals surface area contributed by atoms with Gasteiger partial charge >= 0.3 is 0 Å². The van der Waals surface area contributed by atoms with E-state index in [4.69, 9.17) is 0 Å². The van der Waals surface area contributed by atoms with Crippen LogP contribution in [0, 0.1) is 11.8 Å². The van der Waals surface area contributed by atoms with Gasteiger partial charge in [0.2, 0.25) is 11.8 Å². The van der Waals surface area contributed by atoms with Gasteiger partial charge in [0, 0.05) is 36.1 Å². The first-order valence-electron chi connectivity index (χ1n) is 12.9. The molecular weight excluding hydrogens is 508 g/mol. The quantitative estimate of drug-likeness (QED) is 0.197. The van der Waals surface area contributed by atoms with Crippen LogP contribution < -0.4 is 21.5 Å². The van der Waals surface area contributed by atoms with Crippen molar-refractivity contribution in [2.75, 3.05) is 13.1 Å². The zero-order valence-corrected chi connectivity index (χ0v) is 21.5. The van der Waals surface area contributed by atoms with Crippen LogP contribution in [-0.4, -0.2) is 49.1 Å². The van der Waals surface area contributed by atoms with Crippen molar-refractivity contribution in [1.29, 1.82) is 0 Å². The predicted octanol–water partition coefficient (Wildman–Crippen LogP) is 1.65. The fraction of sp³-hybridized carbons (Fsp3) is 0.200. The van der Waals surface area contributed by atoms with Crippen molar-refractivity contribution >= 4 is 36.1 Å². The number of carbonyl (C=O) groups excluding carboxylic acids is 4. The first-order valence-corrected chi connectivity index (χ1v) is 12.9. The van der Waals surface area contributed by atoms with Crippen molar-refractivity contribution in [2.24, 2.45) is 22.0 Å². The van der Waals surface area contributed by atoms with Gasteiger partial charge in [-0.2, -0.15) is 10.2 Å². The molecular formula is C30H28N6O4. The lowest BCUT2D eigenvalue weighted by Gasteiger charge is -2.15. The summed E-state index contributed by atoms with van der Waals surface area (Å²) in [6.45, 7) is 0.758. The summed E-state index contributed by atoms with van der Waals surface area (Å²) < 4.78 is 0. The highest BCUT2D eigenvalue weighted by atomic mass is 16.2. The molecule has 4 amide bonds. The van der Waals surface area contributed by atoms with E-state index in [1.807, 2.05) is 60.7 Å². The Balaban J connectivity index is 1.22. The van der Waals surface area contributed by atoms with Crippen molar-refractivity contribution in [3.8, 4) is 0 Å². The smallest absolute Gasteiger partial charge is 0.253 e. The highest BCUT2D eigenvalue weighted by Crippen LogP contribution is 2.30. The third-order valence-corrected chi connectivity index (χ3v) is 7.14. The highest BCUT2D eigenvalue weighted by Gasteiger charge is 2.42. The predicted molar refractivity (Wildman–Crippen MR) is 149 cm³/mol. The monoisotopic (exact) mass is 536 g/mol. The fourth-order valence-corrected chi connectivity index (χ4v) is 5.08. The number of nitrogens with zero attached hydrogens (tertiary/aromatic N) is 2. The summed E-state index contributed by atoms with van der Waals surface area (Å²) in [5.74, 6) is -4.02. The van der Waals surface area contributed by atoms with Crippen molar-refractivity contribution in [1.82, 2.24) is 21.5 Å². The lowest BCUT2D eigenvalue weighted by atomic mass is 9.88. The minimum absolute atomic E-state index is 0.282. The molecule has 0 radical (unpaired) electrons. The van der Waals surface area contributed by atoms with Crippen molar-refractivity contribution in [3.63, 3.8) is 0 Å². The van der Waals surface area contributed by atoms with Gasteiger partial charge < -0.3 is 10.6 Å². The highest BCUT2D eigenvalue weighted by molar-refractivity contribution is 6.04. The third-order valence-electron chi connectivity index (χ3n) is 7.14. The molecule has 3 aromatic rings. The van der Waals surface area contributed by atoms with Crippen LogP contribution in [-0.2, 0) is 19.2 Å².